The van der Waals surface area contributed by atoms with Crippen LogP contribution in [0, 0.1) is 29.1 Å². The molecule has 4 fully saturated rings. The Morgan fingerprint density at radius 1 is 1.20 bits per heavy atom. The van der Waals surface area contributed by atoms with Gasteiger partial charge in [0.15, 0.2) is 0 Å². The van der Waals surface area contributed by atoms with E-state index >= 15 is 0 Å². The molecule has 4 rings (SSSR count). The first-order valence-corrected chi connectivity index (χ1v) is 8.50. The van der Waals surface area contributed by atoms with Gasteiger partial charge in [-0.25, -0.2) is 0 Å². The summed E-state index contributed by atoms with van der Waals surface area (Å²) in [5, 5.41) is 0. The summed E-state index contributed by atoms with van der Waals surface area (Å²) in [7, 11) is 2.00. The molecule has 1 atom stereocenters. The van der Waals surface area contributed by atoms with Crippen LogP contribution in [0.1, 0.15) is 51.9 Å². The Kier molecular flexibility index (Phi) is 3.83. The first-order chi connectivity index (χ1) is 9.55. The first-order valence-electron chi connectivity index (χ1n) is 8.50. The van der Waals surface area contributed by atoms with E-state index in [1.54, 1.807) is 0 Å². The van der Waals surface area contributed by atoms with Crippen LogP contribution in [-0.2, 0) is 4.79 Å². The van der Waals surface area contributed by atoms with Crippen molar-refractivity contribution in [2.75, 3.05) is 20.1 Å². The van der Waals surface area contributed by atoms with Gasteiger partial charge < -0.3 is 10.6 Å². The van der Waals surface area contributed by atoms with Gasteiger partial charge in [0.1, 0.15) is 0 Å². The molecule has 0 aromatic rings. The zero-order chi connectivity index (χ0) is 14.3. The monoisotopic (exact) mass is 278 g/mol. The molecular weight excluding hydrogens is 248 g/mol. The van der Waals surface area contributed by atoms with Gasteiger partial charge in [-0.2, -0.15) is 0 Å². The summed E-state index contributed by atoms with van der Waals surface area (Å²) in [6.45, 7) is 3.53. The minimum atomic E-state index is 0.0221. The Hall–Kier alpha value is -0.570. The second-order valence-corrected chi connectivity index (χ2v) is 7.95. The van der Waals surface area contributed by atoms with Crippen LogP contribution < -0.4 is 5.73 Å². The lowest BCUT2D eigenvalue weighted by atomic mass is 9.49. The van der Waals surface area contributed by atoms with Crippen LogP contribution in [0.25, 0.3) is 0 Å². The van der Waals surface area contributed by atoms with Crippen LogP contribution in [0.4, 0.5) is 0 Å². The van der Waals surface area contributed by atoms with E-state index in [1.807, 2.05) is 11.9 Å². The molecule has 3 nitrogen and oxygen atoms in total. The molecule has 4 bridgehead atoms. The van der Waals surface area contributed by atoms with Crippen LogP contribution in [-0.4, -0.2) is 30.9 Å². The highest BCUT2D eigenvalue weighted by Crippen LogP contribution is 2.60. The number of carbonyl (C=O) groups excluding carboxylic acids is 1. The average Bonchev–Trinajstić information content (AvgIpc) is 2.37. The molecule has 0 saturated heterocycles. The fraction of sp³-hybridized carbons (Fsp3) is 0.941. The van der Waals surface area contributed by atoms with Crippen LogP contribution in [0.3, 0.4) is 0 Å². The summed E-state index contributed by atoms with van der Waals surface area (Å²) in [6.07, 6.45) is 9.38. The average molecular weight is 278 g/mol. The van der Waals surface area contributed by atoms with E-state index in [-0.39, 0.29) is 11.8 Å². The van der Waals surface area contributed by atoms with E-state index in [4.69, 9.17) is 5.73 Å². The van der Waals surface area contributed by atoms with Gasteiger partial charge in [0.05, 0.1) is 5.92 Å². The van der Waals surface area contributed by atoms with Gasteiger partial charge in [-0.15, -0.1) is 0 Å². The van der Waals surface area contributed by atoms with Crippen molar-refractivity contribution in [2.24, 2.45) is 34.8 Å². The molecule has 1 unspecified atom stereocenters. The van der Waals surface area contributed by atoms with Gasteiger partial charge in [-0.3, -0.25) is 4.79 Å². The summed E-state index contributed by atoms with van der Waals surface area (Å²) in [5.74, 6) is 3.17. The molecule has 2 N–H and O–H groups in total. The molecular formula is C17H30N2O. The largest absolute Gasteiger partial charge is 0.345 e. The normalized spacial score (nSPS) is 39.9. The predicted octanol–water partition coefficient (Wildman–Crippen LogP) is 2.65. The highest BCUT2D eigenvalue weighted by Gasteiger charge is 2.51. The lowest BCUT2D eigenvalue weighted by Crippen LogP contribution is -2.52. The van der Waals surface area contributed by atoms with Crippen molar-refractivity contribution in [3.8, 4) is 0 Å². The molecule has 0 heterocycles. The van der Waals surface area contributed by atoms with E-state index < -0.39 is 0 Å². The summed E-state index contributed by atoms with van der Waals surface area (Å²) in [5.41, 5.74) is 6.19. The van der Waals surface area contributed by atoms with Crippen molar-refractivity contribution in [1.82, 2.24) is 4.90 Å². The topological polar surface area (TPSA) is 46.3 Å². The Labute approximate surface area is 123 Å². The number of amides is 1. The van der Waals surface area contributed by atoms with Gasteiger partial charge in [0.2, 0.25) is 5.91 Å². The fourth-order valence-electron chi connectivity index (χ4n) is 5.82. The summed E-state index contributed by atoms with van der Waals surface area (Å²) >= 11 is 0. The van der Waals surface area contributed by atoms with E-state index in [2.05, 4.69) is 6.92 Å². The lowest BCUT2D eigenvalue weighted by Gasteiger charge is -2.57. The molecule has 114 valence electrons. The second-order valence-electron chi connectivity index (χ2n) is 7.95. The second kappa shape index (κ2) is 5.32. The molecule has 0 aromatic carbocycles. The Balaban J connectivity index is 1.66. The number of nitrogens with two attached hydrogens (primary N) is 1. The van der Waals surface area contributed by atoms with Gasteiger partial charge in [-0.1, -0.05) is 6.92 Å². The molecule has 0 aromatic heterocycles. The Morgan fingerprint density at radius 2 is 1.70 bits per heavy atom. The Morgan fingerprint density at radius 3 is 2.10 bits per heavy atom. The minimum absolute atomic E-state index is 0.0221. The molecule has 4 aliphatic rings. The third kappa shape index (κ3) is 2.49. The van der Waals surface area contributed by atoms with Crippen molar-refractivity contribution in [3.63, 3.8) is 0 Å². The van der Waals surface area contributed by atoms with E-state index in [0.29, 0.717) is 12.0 Å². The molecule has 0 spiro atoms. The summed E-state index contributed by atoms with van der Waals surface area (Å²) in [4.78, 5) is 14.5. The van der Waals surface area contributed by atoms with Crippen molar-refractivity contribution < 1.29 is 4.79 Å². The molecule has 0 radical (unpaired) electrons. The smallest absolute Gasteiger partial charge is 0.226 e. The fourth-order valence-corrected chi connectivity index (χ4v) is 5.82. The van der Waals surface area contributed by atoms with Crippen LogP contribution in [0.5, 0.6) is 0 Å². The van der Waals surface area contributed by atoms with Crippen LogP contribution in [0.2, 0.25) is 0 Å². The standard InChI is InChI=1S/C17H30N2O/c1-3-15(10-18)16(20)19(2)11-17-7-12-4-13(8-17)6-14(5-12)9-17/h12-15H,3-11,18H2,1-2H3. The molecule has 4 saturated carbocycles. The quantitative estimate of drug-likeness (QED) is 0.840. The summed E-state index contributed by atoms with van der Waals surface area (Å²) in [6, 6.07) is 0. The number of nitrogens with zero attached hydrogens (tertiary/aromatic N) is 1. The third-order valence-corrected chi connectivity index (χ3v) is 6.24. The Bertz CT molecular complexity index is 340. The van der Waals surface area contributed by atoms with E-state index in [9.17, 15) is 4.79 Å². The minimum Gasteiger partial charge on any atom is -0.345 e. The van der Waals surface area contributed by atoms with Crippen LogP contribution >= 0.6 is 0 Å². The van der Waals surface area contributed by atoms with Gasteiger partial charge in [0.25, 0.3) is 0 Å². The molecule has 1 amide bonds. The summed E-state index contributed by atoms with van der Waals surface area (Å²) < 4.78 is 0. The third-order valence-electron chi connectivity index (χ3n) is 6.24. The predicted molar refractivity (Wildman–Crippen MR) is 81.1 cm³/mol. The maximum absolute atomic E-state index is 12.5. The highest BCUT2D eigenvalue weighted by atomic mass is 16.2. The number of hydrogen-bond acceptors (Lipinski definition) is 2. The number of rotatable bonds is 5. The van der Waals surface area contributed by atoms with E-state index in [1.165, 1.54) is 38.5 Å². The van der Waals surface area contributed by atoms with Gasteiger partial charge in [-0.05, 0) is 68.1 Å². The van der Waals surface area contributed by atoms with Gasteiger partial charge in [0, 0.05) is 20.1 Å². The zero-order valence-electron chi connectivity index (χ0n) is 13.1. The van der Waals surface area contributed by atoms with Crippen molar-refractivity contribution in [2.45, 2.75) is 51.9 Å². The van der Waals surface area contributed by atoms with Crippen molar-refractivity contribution in [1.29, 1.82) is 0 Å². The van der Waals surface area contributed by atoms with Gasteiger partial charge >= 0.3 is 0 Å². The van der Waals surface area contributed by atoms with E-state index in [0.717, 1.165) is 30.7 Å². The molecule has 4 aliphatic carbocycles. The maximum Gasteiger partial charge on any atom is 0.226 e. The van der Waals surface area contributed by atoms with Crippen molar-refractivity contribution in [3.05, 3.63) is 0 Å². The highest BCUT2D eigenvalue weighted by molar-refractivity contribution is 5.78. The number of hydrogen-bond donors (Lipinski definition) is 1. The SMILES string of the molecule is CCC(CN)C(=O)N(C)CC12CC3CC(CC(C3)C1)C2. The first kappa shape index (κ1) is 14.4. The zero-order valence-corrected chi connectivity index (χ0v) is 13.1. The van der Waals surface area contributed by atoms with Crippen molar-refractivity contribution >= 4 is 5.91 Å². The maximum atomic E-state index is 12.5. The molecule has 3 heteroatoms. The van der Waals surface area contributed by atoms with Crippen LogP contribution in [0.15, 0.2) is 0 Å². The lowest BCUT2D eigenvalue weighted by molar-refractivity contribution is -0.139. The molecule has 0 aliphatic heterocycles. The molecule has 20 heavy (non-hydrogen) atoms. The number of carbonyl (C=O) groups is 1.